The number of para-hydroxylation sites is 5. The molecule has 8 rings (SSSR count). The molecule has 0 saturated carbocycles. The van der Waals surface area contributed by atoms with Gasteiger partial charge in [0.25, 0.3) is 0 Å². The van der Waals surface area contributed by atoms with Crippen LogP contribution in [0.2, 0.25) is 0 Å². The number of hydrogen-bond donors (Lipinski definition) is 0. The molecule has 0 unspecified atom stereocenters. The first-order valence-corrected chi connectivity index (χ1v) is 12.5. The second-order valence-corrected chi connectivity index (χ2v) is 9.26. The average molecular weight is 490 g/mol. The van der Waals surface area contributed by atoms with E-state index >= 15 is 0 Å². The zero-order chi connectivity index (χ0) is 25.1. The summed E-state index contributed by atoms with van der Waals surface area (Å²) < 4.78 is 12.3. The number of benzene rings is 5. The van der Waals surface area contributed by atoms with Crippen molar-refractivity contribution in [2.75, 3.05) is 0 Å². The highest BCUT2D eigenvalue weighted by Crippen LogP contribution is 2.37. The van der Waals surface area contributed by atoms with Gasteiger partial charge in [-0.3, -0.25) is 0 Å². The van der Waals surface area contributed by atoms with Gasteiger partial charge in [0.2, 0.25) is 5.89 Å². The van der Waals surface area contributed by atoms with E-state index in [4.69, 9.17) is 18.8 Å². The fourth-order valence-corrected chi connectivity index (χ4v) is 5.11. The van der Waals surface area contributed by atoms with Gasteiger partial charge in [-0.15, -0.1) is 0 Å². The molecule has 0 bridgehead atoms. The maximum Gasteiger partial charge on any atom is 0.227 e. The molecule has 5 aromatic carbocycles. The number of furan rings is 1. The summed E-state index contributed by atoms with van der Waals surface area (Å²) in [5.41, 5.74) is 7.78. The van der Waals surface area contributed by atoms with Crippen molar-refractivity contribution in [3.05, 3.63) is 115 Å². The molecule has 0 aliphatic rings. The van der Waals surface area contributed by atoms with E-state index in [1.54, 1.807) is 0 Å². The van der Waals surface area contributed by atoms with Crippen molar-refractivity contribution in [2.45, 2.75) is 0 Å². The highest BCUT2D eigenvalue weighted by atomic mass is 16.3. The standard InChI is InChI=1S/C33H19N3O2/c1-3-12-26-24(9-1)30(20-16-18-21(19-17-20)33-35-27-13-4-6-15-29(27)38-33)36-32(34-26)25-11-7-10-23-22-8-2-5-14-28(22)37-31(23)25/h1-19H. The number of aromatic nitrogens is 3. The Hall–Kier alpha value is -5.29. The molecule has 0 fully saturated rings. The van der Waals surface area contributed by atoms with Gasteiger partial charge in [-0.1, -0.05) is 72.8 Å². The van der Waals surface area contributed by atoms with E-state index < -0.39 is 0 Å². The van der Waals surface area contributed by atoms with Gasteiger partial charge in [-0.25, -0.2) is 15.0 Å². The monoisotopic (exact) mass is 489 g/mol. The summed E-state index contributed by atoms with van der Waals surface area (Å²) in [6.07, 6.45) is 0. The molecule has 0 radical (unpaired) electrons. The normalized spacial score (nSPS) is 11.7. The van der Waals surface area contributed by atoms with E-state index in [9.17, 15) is 0 Å². The summed E-state index contributed by atoms with van der Waals surface area (Å²) >= 11 is 0. The first kappa shape index (κ1) is 20.9. The third-order valence-electron chi connectivity index (χ3n) is 6.95. The molecular weight excluding hydrogens is 470 g/mol. The zero-order valence-corrected chi connectivity index (χ0v) is 20.1. The first-order chi connectivity index (χ1) is 18.8. The lowest BCUT2D eigenvalue weighted by Gasteiger charge is -2.10. The first-order valence-electron chi connectivity index (χ1n) is 12.5. The van der Waals surface area contributed by atoms with Crippen LogP contribution < -0.4 is 0 Å². The smallest absolute Gasteiger partial charge is 0.227 e. The van der Waals surface area contributed by atoms with Crippen molar-refractivity contribution >= 4 is 43.9 Å². The van der Waals surface area contributed by atoms with Crippen LogP contribution in [-0.4, -0.2) is 15.0 Å². The Morgan fingerprint density at radius 3 is 1.97 bits per heavy atom. The SMILES string of the molecule is c1ccc2oc(-c3ccc(-c4nc(-c5cccc6c5oc5ccccc56)nc5ccccc45)cc3)nc2c1. The van der Waals surface area contributed by atoms with Gasteiger partial charge < -0.3 is 8.83 Å². The van der Waals surface area contributed by atoms with E-state index in [0.29, 0.717) is 11.7 Å². The molecule has 8 aromatic rings. The molecular formula is C33H19N3O2. The third kappa shape index (κ3) is 3.22. The Morgan fingerprint density at radius 1 is 0.447 bits per heavy atom. The summed E-state index contributed by atoms with van der Waals surface area (Å²) in [5, 5.41) is 3.13. The maximum absolute atomic E-state index is 6.29. The Labute approximate surface area is 217 Å². The molecule has 0 amide bonds. The van der Waals surface area contributed by atoms with Crippen molar-refractivity contribution in [3.8, 4) is 34.1 Å². The van der Waals surface area contributed by atoms with Crippen LogP contribution in [0.15, 0.2) is 124 Å². The van der Waals surface area contributed by atoms with Gasteiger partial charge in [0.1, 0.15) is 16.7 Å². The van der Waals surface area contributed by atoms with Gasteiger partial charge in [0.15, 0.2) is 11.4 Å². The number of hydrogen-bond acceptors (Lipinski definition) is 5. The molecule has 38 heavy (non-hydrogen) atoms. The zero-order valence-electron chi connectivity index (χ0n) is 20.1. The summed E-state index contributed by atoms with van der Waals surface area (Å²) in [6, 6.07) is 38.3. The molecule has 5 nitrogen and oxygen atoms in total. The van der Waals surface area contributed by atoms with Crippen LogP contribution in [0.1, 0.15) is 0 Å². The van der Waals surface area contributed by atoms with Crippen LogP contribution in [0.4, 0.5) is 0 Å². The lowest BCUT2D eigenvalue weighted by molar-refractivity contribution is 0.620. The Kier molecular flexibility index (Phi) is 4.45. The molecule has 0 atom stereocenters. The van der Waals surface area contributed by atoms with Crippen molar-refractivity contribution in [1.29, 1.82) is 0 Å². The highest BCUT2D eigenvalue weighted by molar-refractivity contribution is 6.09. The van der Waals surface area contributed by atoms with Crippen LogP contribution in [0.25, 0.3) is 78.0 Å². The minimum Gasteiger partial charge on any atom is -0.455 e. The highest BCUT2D eigenvalue weighted by Gasteiger charge is 2.17. The van der Waals surface area contributed by atoms with E-state index in [1.807, 2.05) is 84.9 Å². The second-order valence-electron chi connectivity index (χ2n) is 9.26. The molecule has 0 saturated heterocycles. The molecule has 0 N–H and O–H groups in total. The lowest BCUT2D eigenvalue weighted by Crippen LogP contribution is -1.95. The predicted molar refractivity (Wildman–Crippen MR) is 151 cm³/mol. The van der Waals surface area contributed by atoms with Crippen molar-refractivity contribution in [1.82, 2.24) is 15.0 Å². The fraction of sp³-hybridized carbons (Fsp3) is 0. The molecule has 0 aliphatic heterocycles. The second kappa shape index (κ2) is 8.11. The summed E-state index contributed by atoms with van der Waals surface area (Å²) in [4.78, 5) is 14.7. The minimum atomic E-state index is 0.600. The van der Waals surface area contributed by atoms with Crippen molar-refractivity contribution < 1.29 is 8.83 Å². The molecule has 5 heteroatoms. The summed E-state index contributed by atoms with van der Waals surface area (Å²) in [7, 11) is 0. The summed E-state index contributed by atoms with van der Waals surface area (Å²) in [6.45, 7) is 0. The fourth-order valence-electron chi connectivity index (χ4n) is 5.11. The minimum absolute atomic E-state index is 0.600. The number of fused-ring (bicyclic) bond motifs is 5. The predicted octanol–water partition coefficient (Wildman–Crippen LogP) is 8.67. The van der Waals surface area contributed by atoms with E-state index in [-0.39, 0.29) is 0 Å². The molecule has 0 spiro atoms. The number of rotatable bonds is 3. The van der Waals surface area contributed by atoms with Crippen LogP contribution in [0.3, 0.4) is 0 Å². The molecule has 3 aromatic heterocycles. The van der Waals surface area contributed by atoms with Crippen LogP contribution in [0.5, 0.6) is 0 Å². The average Bonchev–Trinajstić information content (AvgIpc) is 3.58. The molecule has 178 valence electrons. The van der Waals surface area contributed by atoms with Crippen LogP contribution in [-0.2, 0) is 0 Å². The third-order valence-corrected chi connectivity index (χ3v) is 6.95. The Balaban J connectivity index is 1.29. The quantitative estimate of drug-likeness (QED) is 0.248. The topological polar surface area (TPSA) is 65.0 Å². The Bertz CT molecular complexity index is 2110. The molecule has 0 aliphatic carbocycles. The van der Waals surface area contributed by atoms with Crippen LogP contribution >= 0.6 is 0 Å². The number of nitrogens with zero attached hydrogens (tertiary/aromatic N) is 3. The van der Waals surface area contributed by atoms with Crippen molar-refractivity contribution in [3.63, 3.8) is 0 Å². The van der Waals surface area contributed by atoms with Gasteiger partial charge in [-0.05, 0) is 42.5 Å². The van der Waals surface area contributed by atoms with Gasteiger partial charge in [0.05, 0.1) is 16.8 Å². The summed E-state index contributed by atoms with van der Waals surface area (Å²) in [5.74, 6) is 1.23. The lowest BCUT2D eigenvalue weighted by atomic mass is 10.0. The van der Waals surface area contributed by atoms with Crippen molar-refractivity contribution in [2.24, 2.45) is 0 Å². The van der Waals surface area contributed by atoms with Gasteiger partial charge in [0, 0.05) is 27.3 Å². The Morgan fingerprint density at radius 2 is 1.13 bits per heavy atom. The van der Waals surface area contributed by atoms with Crippen LogP contribution in [0, 0.1) is 0 Å². The van der Waals surface area contributed by atoms with E-state index in [2.05, 4.69) is 35.3 Å². The van der Waals surface area contributed by atoms with E-state index in [1.165, 1.54) is 0 Å². The number of oxazole rings is 1. The van der Waals surface area contributed by atoms with E-state index in [0.717, 1.165) is 66.3 Å². The largest absolute Gasteiger partial charge is 0.455 e. The van der Waals surface area contributed by atoms with Gasteiger partial charge in [-0.2, -0.15) is 0 Å². The van der Waals surface area contributed by atoms with Gasteiger partial charge >= 0.3 is 0 Å². The maximum atomic E-state index is 6.29. The molecule has 3 heterocycles.